The lowest BCUT2D eigenvalue weighted by molar-refractivity contribution is -0.136. The Labute approximate surface area is 99.4 Å². The van der Waals surface area contributed by atoms with Gasteiger partial charge < -0.3 is 10.1 Å². The lowest BCUT2D eigenvalue weighted by Crippen LogP contribution is -2.31. The minimum atomic E-state index is -0.473. The molecule has 1 aliphatic heterocycles. The first-order valence-electron chi connectivity index (χ1n) is 5.33. The number of rotatable bonds is 3. The highest BCUT2D eigenvalue weighted by Gasteiger charge is 2.35. The molecule has 5 heteroatoms. The number of likely N-dealkylation sites (N-methyl/N-ethyl adjacent to an activating group) is 1. The fourth-order valence-corrected chi connectivity index (χ4v) is 1.78. The highest BCUT2D eigenvalue weighted by molar-refractivity contribution is 6.06. The molecule has 1 unspecified atom stereocenters. The average Bonchev–Trinajstić information content (AvgIpc) is 2.57. The van der Waals surface area contributed by atoms with Gasteiger partial charge >= 0.3 is 0 Å². The van der Waals surface area contributed by atoms with Crippen LogP contribution < -0.4 is 10.1 Å². The quantitative estimate of drug-likeness (QED) is 0.788. The van der Waals surface area contributed by atoms with E-state index in [-0.39, 0.29) is 18.2 Å². The van der Waals surface area contributed by atoms with Crippen LogP contribution in [0.4, 0.5) is 5.69 Å². The van der Waals surface area contributed by atoms with Crippen LogP contribution in [-0.2, 0) is 9.59 Å². The molecule has 1 aromatic carbocycles. The van der Waals surface area contributed by atoms with Crippen LogP contribution in [0, 0.1) is 0 Å². The summed E-state index contributed by atoms with van der Waals surface area (Å²) in [6.45, 7) is 0. The van der Waals surface area contributed by atoms with Crippen LogP contribution in [0.3, 0.4) is 0 Å². The van der Waals surface area contributed by atoms with Crippen LogP contribution >= 0.6 is 0 Å². The third-order valence-corrected chi connectivity index (χ3v) is 2.79. The number of imide groups is 1. The Balaban J connectivity index is 2.11. The molecule has 1 atom stereocenters. The van der Waals surface area contributed by atoms with Crippen molar-refractivity contribution in [2.75, 3.05) is 19.5 Å². The summed E-state index contributed by atoms with van der Waals surface area (Å²) < 4.78 is 5.09. The molecular formula is C12H14N2O3. The molecule has 0 aromatic heterocycles. The van der Waals surface area contributed by atoms with Crippen LogP contribution in [-0.4, -0.2) is 36.9 Å². The van der Waals surface area contributed by atoms with Crippen molar-refractivity contribution in [2.24, 2.45) is 0 Å². The van der Waals surface area contributed by atoms with Crippen molar-refractivity contribution in [1.82, 2.24) is 4.90 Å². The summed E-state index contributed by atoms with van der Waals surface area (Å²) in [5.41, 5.74) is 0.769. The first-order valence-corrected chi connectivity index (χ1v) is 5.33. The minimum Gasteiger partial charge on any atom is -0.497 e. The number of carbonyl (C=O) groups excluding carboxylic acids is 2. The van der Waals surface area contributed by atoms with Gasteiger partial charge in [0.25, 0.3) is 5.91 Å². The molecule has 0 radical (unpaired) electrons. The number of amides is 2. The first-order chi connectivity index (χ1) is 8.11. The number of likely N-dealkylation sites (tertiary alicyclic amines) is 1. The molecule has 1 aromatic rings. The van der Waals surface area contributed by atoms with Gasteiger partial charge in [0.05, 0.1) is 13.5 Å². The second kappa shape index (κ2) is 4.45. The van der Waals surface area contributed by atoms with E-state index in [0.717, 1.165) is 10.6 Å². The fourth-order valence-electron chi connectivity index (χ4n) is 1.78. The Hall–Kier alpha value is -2.04. The number of hydrogen-bond donors (Lipinski definition) is 1. The molecule has 2 amide bonds. The monoisotopic (exact) mass is 234 g/mol. The maximum absolute atomic E-state index is 11.7. The summed E-state index contributed by atoms with van der Waals surface area (Å²) in [6.07, 6.45) is 0.201. The van der Waals surface area contributed by atoms with E-state index in [1.807, 2.05) is 18.2 Å². The van der Waals surface area contributed by atoms with Gasteiger partial charge in [0.1, 0.15) is 11.8 Å². The second-order valence-electron chi connectivity index (χ2n) is 3.92. The number of nitrogens with one attached hydrogen (secondary N) is 1. The second-order valence-corrected chi connectivity index (χ2v) is 3.92. The Kier molecular flexibility index (Phi) is 2.99. The lowest BCUT2D eigenvalue weighted by Gasteiger charge is -2.12. The van der Waals surface area contributed by atoms with Crippen molar-refractivity contribution in [1.29, 1.82) is 0 Å². The summed E-state index contributed by atoms with van der Waals surface area (Å²) in [7, 11) is 3.08. The SMILES string of the molecule is COc1cccc(NC2CC(=O)N(C)C2=O)c1. The molecule has 1 N–H and O–H groups in total. The lowest BCUT2D eigenvalue weighted by atomic mass is 10.2. The molecule has 0 spiro atoms. The molecule has 0 saturated carbocycles. The van der Waals surface area contributed by atoms with Gasteiger partial charge in [-0.15, -0.1) is 0 Å². The van der Waals surface area contributed by atoms with E-state index in [1.54, 1.807) is 13.2 Å². The Morgan fingerprint density at radius 2 is 2.18 bits per heavy atom. The summed E-state index contributed by atoms with van der Waals surface area (Å²) >= 11 is 0. The van der Waals surface area contributed by atoms with Gasteiger partial charge in [-0.2, -0.15) is 0 Å². The van der Waals surface area contributed by atoms with E-state index in [4.69, 9.17) is 4.74 Å². The summed E-state index contributed by atoms with van der Waals surface area (Å²) in [5, 5.41) is 3.03. The molecular weight excluding hydrogens is 220 g/mol. The maximum atomic E-state index is 11.7. The number of nitrogens with zero attached hydrogens (tertiary/aromatic N) is 1. The van der Waals surface area contributed by atoms with Gasteiger partial charge in [-0.05, 0) is 12.1 Å². The van der Waals surface area contributed by atoms with Crippen LogP contribution in [0.2, 0.25) is 0 Å². The summed E-state index contributed by atoms with van der Waals surface area (Å²) in [4.78, 5) is 24.2. The summed E-state index contributed by atoms with van der Waals surface area (Å²) in [6, 6.07) is 6.79. The Bertz CT molecular complexity index is 459. The number of benzene rings is 1. The van der Waals surface area contributed by atoms with Crippen LogP contribution in [0.25, 0.3) is 0 Å². The van der Waals surface area contributed by atoms with Gasteiger partial charge in [0.2, 0.25) is 5.91 Å². The number of carbonyl (C=O) groups is 2. The molecule has 1 fully saturated rings. The van der Waals surface area contributed by atoms with Crippen molar-refractivity contribution in [2.45, 2.75) is 12.5 Å². The number of anilines is 1. The van der Waals surface area contributed by atoms with Crippen molar-refractivity contribution < 1.29 is 14.3 Å². The molecule has 1 heterocycles. The zero-order valence-corrected chi connectivity index (χ0v) is 9.77. The topological polar surface area (TPSA) is 58.6 Å². The molecule has 1 saturated heterocycles. The predicted octanol–water partition coefficient (Wildman–Crippen LogP) is 0.864. The average molecular weight is 234 g/mol. The van der Waals surface area contributed by atoms with Crippen molar-refractivity contribution in [3.8, 4) is 5.75 Å². The molecule has 5 nitrogen and oxygen atoms in total. The fraction of sp³-hybridized carbons (Fsp3) is 0.333. The predicted molar refractivity (Wildman–Crippen MR) is 62.8 cm³/mol. The highest BCUT2D eigenvalue weighted by atomic mass is 16.5. The third-order valence-electron chi connectivity index (χ3n) is 2.79. The highest BCUT2D eigenvalue weighted by Crippen LogP contribution is 2.20. The largest absolute Gasteiger partial charge is 0.497 e. The van der Waals surface area contributed by atoms with Gasteiger partial charge in [-0.25, -0.2) is 0 Å². The van der Waals surface area contributed by atoms with E-state index in [9.17, 15) is 9.59 Å². The van der Waals surface area contributed by atoms with Crippen LogP contribution in [0.1, 0.15) is 6.42 Å². The molecule has 17 heavy (non-hydrogen) atoms. The van der Waals surface area contributed by atoms with Crippen LogP contribution in [0.15, 0.2) is 24.3 Å². The van der Waals surface area contributed by atoms with Gasteiger partial charge in [-0.3, -0.25) is 14.5 Å². The van der Waals surface area contributed by atoms with Gasteiger partial charge in [0.15, 0.2) is 0 Å². The first kappa shape index (κ1) is 11.4. The smallest absolute Gasteiger partial charge is 0.251 e. The van der Waals surface area contributed by atoms with E-state index < -0.39 is 6.04 Å². The number of hydrogen-bond acceptors (Lipinski definition) is 4. The maximum Gasteiger partial charge on any atom is 0.251 e. The van der Waals surface area contributed by atoms with Crippen molar-refractivity contribution in [3.63, 3.8) is 0 Å². The zero-order valence-electron chi connectivity index (χ0n) is 9.77. The Morgan fingerprint density at radius 3 is 2.76 bits per heavy atom. The van der Waals surface area contributed by atoms with Gasteiger partial charge in [-0.1, -0.05) is 6.07 Å². The van der Waals surface area contributed by atoms with Crippen LogP contribution in [0.5, 0.6) is 5.75 Å². The Morgan fingerprint density at radius 1 is 1.41 bits per heavy atom. The minimum absolute atomic E-state index is 0.157. The van der Waals surface area contributed by atoms with E-state index >= 15 is 0 Å². The van der Waals surface area contributed by atoms with Crippen molar-refractivity contribution in [3.05, 3.63) is 24.3 Å². The van der Waals surface area contributed by atoms with E-state index in [0.29, 0.717) is 5.75 Å². The van der Waals surface area contributed by atoms with E-state index in [1.165, 1.54) is 7.05 Å². The standard InChI is InChI=1S/C12H14N2O3/c1-14-11(15)7-10(12(14)16)13-8-4-3-5-9(6-8)17-2/h3-6,10,13H,7H2,1-2H3. The molecule has 1 aliphatic rings. The molecule has 2 rings (SSSR count). The third kappa shape index (κ3) is 2.22. The van der Waals surface area contributed by atoms with Gasteiger partial charge in [0, 0.05) is 18.8 Å². The van der Waals surface area contributed by atoms with Crippen molar-refractivity contribution >= 4 is 17.5 Å². The molecule has 0 bridgehead atoms. The molecule has 90 valence electrons. The normalized spacial score (nSPS) is 19.6. The van der Waals surface area contributed by atoms with E-state index in [2.05, 4.69) is 5.32 Å². The number of ether oxygens (including phenoxy) is 1. The number of methoxy groups -OCH3 is 1. The zero-order chi connectivity index (χ0) is 12.4. The summed E-state index contributed by atoms with van der Waals surface area (Å²) in [5.74, 6) is 0.355. The molecule has 0 aliphatic carbocycles.